The van der Waals surface area contributed by atoms with E-state index in [-0.39, 0.29) is 17.9 Å². The minimum Gasteiger partial charge on any atom is -0.449 e. The minimum atomic E-state index is -4.53. The van der Waals surface area contributed by atoms with Crippen molar-refractivity contribution >= 4 is 17.3 Å². The number of piperidine rings is 1. The normalized spacial score (nSPS) is 16.2. The summed E-state index contributed by atoms with van der Waals surface area (Å²) in [6, 6.07) is 2.23. The number of aryl methyl sites for hydroxylation is 1. The first kappa shape index (κ1) is 25.9. The Labute approximate surface area is 208 Å². The van der Waals surface area contributed by atoms with Crippen LogP contribution in [0.2, 0.25) is 0 Å². The third kappa shape index (κ3) is 5.63. The van der Waals surface area contributed by atoms with E-state index in [9.17, 15) is 13.2 Å². The van der Waals surface area contributed by atoms with Gasteiger partial charge in [-0.2, -0.15) is 18.2 Å². The van der Waals surface area contributed by atoms with Crippen molar-refractivity contribution in [3.05, 3.63) is 35.3 Å². The number of hydrogen-bond donors (Lipinski definition) is 1. The molecule has 1 aliphatic rings. The highest BCUT2D eigenvalue weighted by molar-refractivity contribution is 5.60. The topological polar surface area (TPSA) is 97.7 Å². The number of rotatable bonds is 8. The maximum Gasteiger partial charge on any atom is 0.425 e. The van der Waals surface area contributed by atoms with Crippen LogP contribution in [0.3, 0.4) is 0 Å². The molecule has 196 valence electrons. The molecule has 0 saturated carbocycles. The molecule has 1 fully saturated rings. The van der Waals surface area contributed by atoms with Crippen molar-refractivity contribution in [1.29, 1.82) is 0 Å². The fraction of sp³-hybridized carbons (Fsp3) is 0.583. The zero-order chi connectivity index (χ0) is 26.0. The summed E-state index contributed by atoms with van der Waals surface area (Å²) in [5.41, 5.74) is 8.86. The smallest absolute Gasteiger partial charge is 0.425 e. The summed E-state index contributed by atoms with van der Waals surface area (Å²) in [4.78, 5) is 17.5. The molecule has 0 aliphatic carbocycles. The number of ether oxygens (including phenoxy) is 1. The molecule has 1 unspecified atom stereocenters. The fourth-order valence-electron chi connectivity index (χ4n) is 4.63. The Morgan fingerprint density at radius 1 is 1.19 bits per heavy atom. The molecule has 0 radical (unpaired) electrons. The lowest BCUT2D eigenvalue weighted by Gasteiger charge is -2.36. The predicted octanol–water partition coefficient (Wildman–Crippen LogP) is 3.64. The van der Waals surface area contributed by atoms with Crippen LogP contribution >= 0.6 is 0 Å². The highest BCUT2D eigenvalue weighted by Crippen LogP contribution is 2.28. The van der Waals surface area contributed by atoms with Crippen molar-refractivity contribution in [1.82, 2.24) is 29.5 Å². The van der Waals surface area contributed by atoms with Crippen LogP contribution in [0.1, 0.15) is 49.4 Å². The second kappa shape index (κ2) is 10.5. The number of imidazole rings is 1. The lowest BCUT2D eigenvalue weighted by Crippen LogP contribution is -2.42. The lowest BCUT2D eigenvalue weighted by molar-refractivity contribution is -0.198. The molecule has 1 saturated heterocycles. The van der Waals surface area contributed by atoms with Crippen LogP contribution in [0.5, 0.6) is 6.01 Å². The zero-order valence-corrected chi connectivity index (χ0v) is 21.1. The summed E-state index contributed by atoms with van der Waals surface area (Å²) in [6.07, 6.45) is -0.421. The van der Waals surface area contributed by atoms with Crippen molar-refractivity contribution < 1.29 is 17.9 Å². The molecule has 0 bridgehead atoms. The van der Waals surface area contributed by atoms with Crippen molar-refractivity contribution in [2.24, 2.45) is 0 Å². The standard InChI is InChI=1S/C24H33F3N8O/c1-5-6-19(24(25,26)27)36-23-31-20(28)22-30-14-18(35(22)32-23)12-16-11-15(2)21(29-13-16)34-9-7-17(8-10-34)33(3)4/h11,13-14,17,19H,5-10,12H2,1-4H3,(H2,28,31,32). The molecule has 3 aromatic heterocycles. The molecule has 4 rings (SSSR count). The number of nitrogens with two attached hydrogens (primary N) is 1. The monoisotopic (exact) mass is 506 g/mol. The predicted molar refractivity (Wildman–Crippen MR) is 131 cm³/mol. The zero-order valence-electron chi connectivity index (χ0n) is 21.1. The third-order valence-electron chi connectivity index (χ3n) is 6.59. The van der Waals surface area contributed by atoms with Gasteiger partial charge < -0.3 is 20.3 Å². The molecule has 1 atom stereocenters. The Kier molecular flexibility index (Phi) is 7.53. The summed E-state index contributed by atoms with van der Waals surface area (Å²) in [5, 5.41) is 4.17. The third-order valence-corrected chi connectivity index (χ3v) is 6.59. The van der Waals surface area contributed by atoms with E-state index in [1.54, 1.807) is 13.1 Å². The van der Waals surface area contributed by atoms with E-state index in [0.29, 0.717) is 24.6 Å². The molecule has 2 N–H and O–H groups in total. The van der Waals surface area contributed by atoms with E-state index >= 15 is 0 Å². The molecule has 0 aromatic carbocycles. The molecule has 12 heteroatoms. The second-order valence-corrected chi connectivity index (χ2v) is 9.54. The number of alkyl halides is 3. The number of hydrogen-bond acceptors (Lipinski definition) is 8. The second-order valence-electron chi connectivity index (χ2n) is 9.54. The van der Waals surface area contributed by atoms with Gasteiger partial charge in [0, 0.05) is 31.7 Å². The van der Waals surface area contributed by atoms with E-state index in [2.05, 4.69) is 45.0 Å². The van der Waals surface area contributed by atoms with Gasteiger partial charge in [0.15, 0.2) is 17.6 Å². The summed E-state index contributed by atoms with van der Waals surface area (Å²) in [5.74, 6) is 0.930. The maximum atomic E-state index is 13.3. The van der Waals surface area contributed by atoms with Crippen LogP contribution < -0.4 is 15.4 Å². The molecule has 0 amide bonds. The highest BCUT2D eigenvalue weighted by atomic mass is 19.4. The maximum absolute atomic E-state index is 13.3. The number of halogens is 3. The Balaban J connectivity index is 1.53. The van der Waals surface area contributed by atoms with Gasteiger partial charge in [-0.1, -0.05) is 19.4 Å². The number of nitrogens with zero attached hydrogens (tertiary/aromatic N) is 7. The van der Waals surface area contributed by atoms with E-state index in [4.69, 9.17) is 15.5 Å². The molecule has 4 heterocycles. The van der Waals surface area contributed by atoms with Crippen molar-refractivity contribution in [2.45, 2.75) is 64.3 Å². The van der Waals surface area contributed by atoms with Crippen LogP contribution in [0.4, 0.5) is 24.8 Å². The van der Waals surface area contributed by atoms with Gasteiger partial charge in [-0.15, -0.1) is 5.10 Å². The summed E-state index contributed by atoms with van der Waals surface area (Å²) in [7, 11) is 4.23. The van der Waals surface area contributed by atoms with Crippen LogP contribution in [-0.2, 0) is 6.42 Å². The number of fused-ring (bicyclic) bond motifs is 1. The van der Waals surface area contributed by atoms with Crippen LogP contribution in [0, 0.1) is 6.92 Å². The number of pyridine rings is 1. The largest absolute Gasteiger partial charge is 0.449 e. The first-order chi connectivity index (χ1) is 17.1. The highest BCUT2D eigenvalue weighted by Gasteiger charge is 2.41. The van der Waals surface area contributed by atoms with Crippen molar-refractivity contribution in [3.8, 4) is 6.01 Å². The minimum absolute atomic E-state index is 0.0468. The fourth-order valence-corrected chi connectivity index (χ4v) is 4.63. The number of anilines is 2. The number of aromatic nitrogens is 5. The van der Waals surface area contributed by atoms with Gasteiger partial charge in [-0.25, -0.2) is 14.5 Å². The van der Waals surface area contributed by atoms with Crippen molar-refractivity contribution in [2.75, 3.05) is 37.8 Å². The van der Waals surface area contributed by atoms with Gasteiger partial charge in [-0.05, 0) is 51.4 Å². The quantitative estimate of drug-likeness (QED) is 0.495. The number of nitrogen functional groups attached to an aromatic ring is 1. The SMILES string of the molecule is CCCC(Oc1nc(N)c2ncc(Cc3cnc(N4CCC(N(C)C)CC4)c(C)c3)n2n1)C(F)(F)F. The molecular weight excluding hydrogens is 473 g/mol. The van der Waals surface area contributed by atoms with Crippen LogP contribution in [-0.4, -0.2) is 75.0 Å². The lowest BCUT2D eigenvalue weighted by atomic mass is 10.0. The molecule has 3 aromatic rings. The van der Waals surface area contributed by atoms with Gasteiger partial charge in [0.25, 0.3) is 0 Å². The Bertz CT molecular complexity index is 1190. The first-order valence-electron chi connectivity index (χ1n) is 12.2. The van der Waals surface area contributed by atoms with Crippen LogP contribution in [0.15, 0.2) is 18.5 Å². The van der Waals surface area contributed by atoms with E-state index < -0.39 is 18.3 Å². The molecule has 9 nitrogen and oxygen atoms in total. The summed E-state index contributed by atoms with van der Waals surface area (Å²) in [6.45, 7) is 5.61. The van der Waals surface area contributed by atoms with Gasteiger partial charge in [0.05, 0.1) is 11.9 Å². The van der Waals surface area contributed by atoms with Crippen molar-refractivity contribution in [3.63, 3.8) is 0 Å². The Morgan fingerprint density at radius 3 is 2.53 bits per heavy atom. The average molecular weight is 507 g/mol. The summed E-state index contributed by atoms with van der Waals surface area (Å²) < 4.78 is 46.5. The molecular formula is C24H33F3N8O. The Morgan fingerprint density at radius 2 is 1.92 bits per heavy atom. The molecule has 36 heavy (non-hydrogen) atoms. The van der Waals surface area contributed by atoms with E-state index in [1.807, 2.05) is 13.1 Å². The van der Waals surface area contributed by atoms with Gasteiger partial charge >= 0.3 is 12.2 Å². The Hall–Kier alpha value is -3.15. The molecule has 1 aliphatic heterocycles. The van der Waals surface area contributed by atoms with E-state index in [1.165, 1.54) is 4.52 Å². The molecule has 0 spiro atoms. The summed E-state index contributed by atoms with van der Waals surface area (Å²) >= 11 is 0. The first-order valence-corrected chi connectivity index (χ1v) is 12.2. The van der Waals surface area contributed by atoms with Gasteiger partial charge in [0.2, 0.25) is 0 Å². The average Bonchev–Trinajstić information content (AvgIpc) is 3.21. The van der Waals surface area contributed by atoms with Gasteiger partial charge in [-0.3, -0.25) is 0 Å². The van der Waals surface area contributed by atoms with Gasteiger partial charge in [0.1, 0.15) is 5.82 Å². The van der Waals surface area contributed by atoms with E-state index in [0.717, 1.165) is 42.9 Å². The van der Waals surface area contributed by atoms with Crippen LogP contribution in [0.25, 0.3) is 5.65 Å².